The van der Waals surface area contributed by atoms with E-state index in [1.165, 1.54) is 6.42 Å². The fourth-order valence-electron chi connectivity index (χ4n) is 3.10. The fraction of sp³-hybridized carbons (Fsp3) is 0.733. The van der Waals surface area contributed by atoms with Gasteiger partial charge in [-0.25, -0.2) is 8.42 Å². The van der Waals surface area contributed by atoms with Gasteiger partial charge >= 0.3 is 0 Å². The van der Waals surface area contributed by atoms with Gasteiger partial charge in [-0.1, -0.05) is 19.3 Å². The summed E-state index contributed by atoms with van der Waals surface area (Å²) in [5.74, 6) is 0. The number of sulfonamides is 1. The van der Waals surface area contributed by atoms with Crippen molar-refractivity contribution in [2.45, 2.75) is 63.1 Å². The summed E-state index contributed by atoms with van der Waals surface area (Å²) in [7, 11) is 0.215. The van der Waals surface area contributed by atoms with E-state index in [4.69, 9.17) is 0 Å². The van der Waals surface area contributed by atoms with E-state index in [1.54, 1.807) is 23.6 Å². The Kier molecular flexibility index (Phi) is 5.46. The van der Waals surface area contributed by atoms with Gasteiger partial charge in [-0.15, -0.1) is 0 Å². The molecule has 21 heavy (non-hydrogen) atoms. The highest BCUT2D eigenvalue weighted by molar-refractivity contribution is 7.89. The number of aromatic nitrogens is 1. The molecule has 5 nitrogen and oxygen atoms in total. The molecule has 1 saturated carbocycles. The van der Waals surface area contributed by atoms with Crippen LogP contribution >= 0.6 is 0 Å². The first-order valence-corrected chi connectivity index (χ1v) is 9.26. The first-order valence-electron chi connectivity index (χ1n) is 7.82. The summed E-state index contributed by atoms with van der Waals surface area (Å²) in [5, 5.41) is 3.09. The first-order chi connectivity index (χ1) is 10.0. The predicted octanol–water partition coefficient (Wildman–Crippen LogP) is 2.18. The van der Waals surface area contributed by atoms with Crippen LogP contribution in [0.5, 0.6) is 0 Å². The predicted molar refractivity (Wildman–Crippen MR) is 84.7 cm³/mol. The molecule has 120 valence electrons. The van der Waals surface area contributed by atoms with E-state index in [9.17, 15) is 8.42 Å². The molecule has 6 heteroatoms. The van der Waals surface area contributed by atoms with Crippen LogP contribution in [-0.4, -0.2) is 37.4 Å². The van der Waals surface area contributed by atoms with Gasteiger partial charge in [0.25, 0.3) is 0 Å². The summed E-state index contributed by atoms with van der Waals surface area (Å²) in [6.45, 7) is 3.48. The van der Waals surface area contributed by atoms with Gasteiger partial charge < -0.3 is 9.88 Å². The zero-order valence-electron chi connectivity index (χ0n) is 13.3. The third-order valence-corrected chi connectivity index (χ3v) is 6.30. The van der Waals surface area contributed by atoms with Crippen LogP contribution in [-0.2, 0) is 23.1 Å². The topological polar surface area (TPSA) is 54.3 Å². The molecule has 1 aromatic heterocycles. The Bertz CT molecular complexity index is 559. The summed E-state index contributed by atoms with van der Waals surface area (Å²) >= 11 is 0. The van der Waals surface area contributed by atoms with Gasteiger partial charge in [0.1, 0.15) is 4.90 Å². The number of nitrogens with one attached hydrogen (secondary N) is 1. The van der Waals surface area contributed by atoms with Gasteiger partial charge in [-0.05, 0) is 32.9 Å². The van der Waals surface area contributed by atoms with Crippen molar-refractivity contribution in [2.75, 3.05) is 14.1 Å². The molecule has 0 atom stereocenters. The van der Waals surface area contributed by atoms with Crippen LogP contribution in [0.2, 0.25) is 0 Å². The Hall–Kier alpha value is -0.850. The SMILES string of the molecule is CCn1cc(S(=O)(=O)N(C)C2CCCCC2)cc1CNC. The molecule has 0 amide bonds. The second-order valence-corrected chi connectivity index (χ2v) is 7.79. The van der Waals surface area contributed by atoms with Crippen LogP contribution < -0.4 is 5.32 Å². The second-order valence-electron chi connectivity index (χ2n) is 5.80. The lowest BCUT2D eigenvalue weighted by atomic mass is 9.96. The van der Waals surface area contributed by atoms with Crippen molar-refractivity contribution < 1.29 is 8.42 Å². The smallest absolute Gasteiger partial charge is 0.244 e. The first kappa shape index (κ1) is 16.5. The molecule has 1 aliphatic rings. The van der Waals surface area contributed by atoms with Gasteiger partial charge in [0.2, 0.25) is 10.0 Å². The van der Waals surface area contributed by atoms with Crippen molar-refractivity contribution in [1.82, 2.24) is 14.2 Å². The highest BCUT2D eigenvalue weighted by atomic mass is 32.2. The standard InChI is InChI=1S/C15H27N3O2S/c1-4-18-12-15(10-14(18)11-16-2)21(19,20)17(3)13-8-6-5-7-9-13/h10,12-13,16H,4-9,11H2,1-3H3. The molecular weight excluding hydrogens is 286 g/mol. The van der Waals surface area contributed by atoms with Gasteiger partial charge in [0.15, 0.2) is 0 Å². The van der Waals surface area contributed by atoms with Crippen molar-refractivity contribution >= 4 is 10.0 Å². The lowest BCUT2D eigenvalue weighted by Gasteiger charge is -2.30. The van der Waals surface area contributed by atoms with Gasteiger partial charge in [0.05, 0.1) is 0 Å². The van der Waals surface area contributed by atoms with Crippen molar-refractivity contribution in [3.8, 4) is 0 Å². The van der Waals surface area contributed by atoms with Crippen molar-refractivity contribution in [3.63, 3.8) is 0 Å². The molecule has 0 spiro atoms. The third kappa shape index (κ3) is 3.49. The van der Waals surface area contributed by atoms with E-state index in [1.807, 2.05) is 18.5 Å². The summed E-state index contributed by atoms with van der Waals surface area (Å²) in [6, 6.07) is 1.95. The van der Waals surface area contributed by atoms with E-state index in [0.29, 0.717) is 11.4 Å². The quantitative estimate of drug-likeness (QED) is 0.876. The summed E-state index contributed by atoms with van der Waals surface area (Å²) in [5.41, 5.74) is 1.01. The minimum atomic E-state index is -3.38. The van der Waals surface area contributed by atoms with E-state index >= 15 is 0 Å². The second kappa shape index (κ2) is 6.94. The molecular formula is C15H27N3O2S. The molecule has 0 aliphatic heterocycles. The highest BCUT2D eigenvalue weighted by Crippen LogP contribution is 2.27. The van der Waals surface area contributed by atoms with Crippen LogP contribution in [0.4, 0.5) is 0 Å². The molecule has 0 aromatic carbocycles. The van der Waals surface area contributed by atoms with Crippen LogP contribution in [0.3, 0.4) is 0 Å². The molecule has 2 rings (SSSR count). The highest BCUT2D eigenvalue weighted by Gasteiger charge is 2.30. The van der Waals surface area contributed by atoms with E-state index in [0.717, 1.165) is 37.9 Å². The minimum Gasteiger partial charge on any atom is -0.349 e. The van der Waals surface area contributed by atoms with Crippen LogP contribution in [0.25, 0.3) is 0 Å². The Balaban J connectivity index is 2.25. The molecule has 1 N–H and O–H groups in total. The lowest BCUT2D eigenvalue weighted by molar-refractivity contribution is 0.286. The summed E-state index contributed by atoms with van der Waals surface area (Å²) in [6.07, 6.45) is 7.21. The van der Waals surface area contributed by atoms with Crippen molar-refractivity contribution in [3.05, 3.63) is 18.0 Å². The Morgan fingerprint density at radius 1 is 1.33 bits per heavy atom. The molecule has 0 radical (unpaired) electrons. The molecule has 0 unspecified atom stereocenters. The van der Waals surface area contributed by atoms with Crippen molar-refractivity contribution in [1.29, 1.82) is 0 Å². The molecule has 0 bridgehead atoms. The number of rotatable bonds is 6. The molecule has 1 heterocycles. The van der Waals surface area contributed by atoms with Gasteiger partial charge in [-0.2, -0.15) is 4.31 Å². The van der Waals surface area contributed by atoms with Gasteiger partial charge in [-0.3, -0.25) is 0 Å². The zero-order valence-corrected chi connectivity index (χ0v) is 14.1. The van der Waals surface area contributed by atoms with Crippen LogP contribution in [0.1, 0.15) is 44.7 Å². The number of hydrogen-bond donors (Lipinski definition) is 1. The third-order valence-electron chi connectivity index (χ3n) is 4.43. The fourth-order valence-corrected chi connectivity index (χ4v) is 4.58. The number of hydrogen-bond acceptors (Lipinski definition) is 3. The lowest BCUT2D eigenvalue weighted by Crippen LogP contribution is -2.38. The zero-order chi connectivity index (χ0) is 15.5. The largest absolute Gasteiger partial charge is 0.349 e. The Labute approximate surface area is 128 Å². The maximum absolute atomic E-state index is 12.8. The molecule has 0 saturated heterocycles. The molecule has 1 fully saturated rings. The molecule has 1 aromatic rings. The van der Waals surface area contributed by atoms with Crippen molar-refractivity contribution in [2.24, 2.45) is 0 Å². The van der Waals surface area contributed by atoms with E-state index in [2.05, 4.69) is 5.32 Å². The Morgan fingerprint density at radius 3 is 2.57 bits per heavy atom. The van der Waals surface area contributed by atoms with Gasteiger partial charge in [0, 0.05) is 38.1 Å². The minimum absolute atomic E-state index is 0.154. The molecule has 1 aliphatic carbocycles. The summed E-state index contributed by atoms with van der Waals surface area (Å²) < 4.78 is 29.2. The monoisotopic (exact) mass is 313 g/mol. The summed E-state index contributed by atoms with van der Waals surface area (Å²) in [4.78, 5) is 0.419. The maximum Gasteiger partial charge on any atom is 0.244 e. The average Bonchev–Trinajstić information content (AvgIpc) is 2.91. The average molecular weight is 313 g/mol. The van der Waals surface area contributed by atoms with Crippen LogP contribution in [0.15, 0.2) is 17.2 Å². The maximum atomic E-state index is 12.8. The van der Waals surface area contributed by atoms with E-state index < -0.39 is 10.0 Å². The number of aryl methyl sites for hydroxylation is 1. The number of nitrogens with zero attached hydrogens (tertiary/aromatic N) is 2. The Morgan fingerprint density at radius 2 is 2.00 bits per heavy atom. The normalized spacial score (nSPS) is 17.5. The van der Waals surface area contributed by atoms with Crippen LogP contribution in [0, 0.1) is 0 Å². The van der Waals surface area contributed by atoms with E-state index in [-0.39, 0.29) is 6.04 Å².